The maximum absolute atomic E-state index is 12.5. The van der Waals surface area contributed by atoms with Gasteiger partial charge in [0.15, 0.2) is 11.6 Å². The average molecular weight is 427 g/mol. The van der Waals surface area contributed by atoms with Crippen molar-refractivity contribution in [3.05, 3.63) is 59.3 Å². The van der Waals surface area contributed by atoms with Gasteiger partial charge in [-0.15, -0.1) is 10.2 Å². The van der Waals surface area contributed by atoms with Crippen molar-refractivity contribution < 1.29 is 4.79 Å². The first-order valence-corrected chi connectivity index (χ1v) is 9.63. The molecule has 0 atom stereocenters. The van der Waals surface area contributed by atoms with Crippen molar-refractivity contribution in [1.82, 2.24) is 20.0 Å². The van der Waals surface area contributed by atoms with Gasteiger partial charge in [0.25, 0.3) is 0 Å². The zero-order valence-electron chi connectivity index (χ0n) is 14.6. The van der Waals surface area contributed by atoms with Gasteiger partial charge in [-0.25, -0.2) is 4.68 Å². The molecule has 0 radical (unpaired) electrons. The summed E-state index contributed by atoms with van der Waals surface area (Å²) in [4.78, 5) is 14.7. The highest BCUT2D eigenvalue weighted by atomic mass is 79.9. The largest absolute Gasteiger partial charge is 0.355 e. The number of rotatable bonds is 4. The fraction of sp³-hybridized carbons (Fsp3) is 0.263. The van der Waals surface area contributed by atoms with Crippen LogP contribution in [0.15, 0.2) is 59.3 Å². The summed E-state index contributed by atoms with van der Waals surface area (Å²) in [5.74, 6) is 1.60. The minimum absolute atomic E-state index is 0.0107. The molecule has 0 unspecified atom stereocenters. The van der Waals surface area contributed by atoms with Gasteiger partial charge in [0, 0.05) is 41.6 Å². The number of piperidine rings is 1. The Bertz CT molecular complexity index is 904. The predicted molar refractivity (Wildman–Crippen MR) is 107 cm³/mol. The first kappa shape index (κ1) is 17.7. The Morgan fingerprint density at radius 2 is 1.85 bits per heavy atom. The number of hydrogen-bond acceptors (Lipinski definition) is 5. The molecule has 4 rings (SSSR count). The number of carbonyl (C=O) groups is 1. The van der Waals surface area contributed by atoms with E-state index < -0.39 is 0 Å². The molecule has 7 nitrogen and oxygen atoms in total. The third-order valence-corrected chi connectivity index (χ3v) is 5.15. The number of benzene rings is 1. The molecule has 8 heteroatoms. The van der Waals surface area contributed by atoms with Crippen LogP contribution in [0.25, 0.3) is 5.82 Å². The standard InChI is InChI=1S/C19H19BrN6O/c20-15-3-1-4-16(13-15)22-19(27)14-7-11-25(12-8-14)17-5-6-18(24-23-17)26-10-2-9-21-26/h1-6,9-10,13-14H,7-8,11-12H2,(H,22,27). The molecule has 1 amide bonds. The number of nitrogens with zero attached hydrogens (tertiary/aromatic N) is 5. The van der Waals surface area contributed by atoms with Crippen molar-refractivity contribution in [3.8, 4) is 5.82 Å². The van der Waals surface area contributed by atoms with E-state index >= 15 is 0 Å². The van der Waals surface area contributed by atoms with Crippen LogP contribution in [0.4, 0.5) is 11.5 Å². The Labute approximate surface area is 165 Å². The Kier molecular flexibility index (Phi) is 5.15. The van der Waals surface area contributed by atoms with E-state index in [1.807, 2.05) is 48.7 Å². The lowest BCUT2D eigenvalue weighted by Crippen LogP contribution is -2.38. The maximum Gasteiger partial charge on any atom is 0.227 e. The van der Waals surface area contributed by atoms with Crippen LogP contribution in [-0.4, -0.2) is 39.0 Å². The summed E-state index contributed by atoms with van der Waals surface area (Å²) in [5, 5.41) is 15.7. The Balaban J connectivity index is 1.34. The maximum atomic E-state index is 12.5. The van der Waals surface area contributed by atoms with Crippen LogP contribution in [0.2, 0.25) is 0 Å². The van der Waals surface area contributed by atoms with Crippen LogP contribution in [0.3, 0.4) is 0 Å². The van der Waals surface area contributed by atoms with Crippen molar-refractivity contribution in [1.29, 1.82) is 0 Å². The lowest BCUT2D eigenvalue weighted by Gasteiger charge is -2.31. The first-order chi connectivity index (χ1) is 13.2. The Morgan fingerprint density at radius 3 is 2.52 bits per heavy atom. The van der Waals surface area contributed by atoms with E-state index in [2.05, 4.69) is 41.4 Å². The number of anilines is 2. The van der Waals surface area contributed by atoms with Crippen LogP contribution in [0, 0.1) is 5.92 Å². The summed E-state index contributed by atoms with van der Waals surface area (Å²) in [6.07, 6.45) is 5.13. The van der Waals surface area contributed by atoms with E-state index in [0.717, 1.165) is 41.9 Å². The molecule has 1 saturated heterocycles. The zero-order chi connectivity index (χ0) is 18.6. The molecule has 0 aliphatic carbocycles. The zero-order valence-corrected chi connectivity index (χ0v) is 16.2. The molecule has 1 aromatic carbocycles. The van der Waals surface area contributed by atoms with E-state index in [1.165, 1.54) is 0 Å². The lowest BCUT2D eigenvalue weighted by atomic mass is 9.96. The number of hydrogen-bond donors (Lipinski definition) is 1. The molecule has 3 aromatic rings. The minimum atomic E-state index is 0.0107. The topological polar surface area (TPSA) is 75.9 Å². The van der Waals surface area contributed by atoms with Crippen LogP contribution in [-0.2, 0) is 4.79 Å². The fourth-order valence-corrected chi connectivity index (χ4v) is 3.59. The predicted octanol–water partition coefficient (Wildman–Crippen LogP) is 3.28. The van der Waals surface area contributed by atoms with Gasteiger partial charge in [0.1, 0.15) is 0 Å². The lowest BCUT2D eigenvalue weighted by molar-refractivity contribution is -0.120. The Morgan fingerprint density at radius 1 is 1.07 bits per heavy atom. The van der Waals surface area contributed by atoms with Gasteiger partial charge in [0.05, 0.1) is 0 Å². The van der Waals surface area contributed by atoms with Gasteiger partial charge < -0.3 is 10.2 Å². The summed E-state index contributed by atoms with van der Waals surface area (Å²) in [6.45, 7) is 1.57. The Hall–Kier alpha value is -2.74. The molecule has 1 N–H and O–H groups in total. The highest BCUT2D eigenvalue weighted by molar-refractivity contribution is 9.10. The third-order valence-electron chi connectivity index (χ3n) is 4.66. The summed E-state index contributed by atoms with van der Waals surface area (Å²) in [5.41, 5.74) is 0.817. The molecule has 0 saturated carbocycles. The van der Waals surface area contributed by atoms with Gasteiger partial charge in [-0.1, -0.05) is 22.0 Å². The molecule has 3 heterocycles. The number of nitrogens with one attached hydrogen (secondary N) is 1. The molecule has 2 aromatic heterocycles. The molecule has 0 bridgehead atoms. The molecule has 0 spiro atoms. The molecule has 1 aliphatic heterocycles. The van der Waals surface area contributed by atoms with Crippen molar-refractivity contribution in [3.63, 3.8) is 0 Å². The van der Waals surface area contributed by atoms with Crippen molar-refractivity contribution in [2.75, 3.05) is 23.3 Å². The summed E-state index contributed by atoms with van der Waals surface area (Å²) in [7, 11) is 0. The summed E-state index contributed by atoms with van der Waals surface area (Å²) < 4.78 is 2.63. The first-order valence-electron chi connectivity index (χ1n) is 8.84. The SMILES string of the molecule is O=C(Nc1cccc(Br)c1)C1CCN(c2ccc(-n3cccn3)nn2)CC1. The number of halogens is 1. The molecule has 1 fully saturated rings. The van der Waals surface area contributed by atoms with Gasteiger partial charge in [-0.05, 0) is 49.2 Å². The minimum Gasteiger partial charge on any atom is -0.355 e. The van der Waals surface area contributed by atoms with E-state index in [-0.39, 0.29) is 11.8 Å². The average Bonchev–Trinajstić information content (AvgIpc) is 3.23. The molecule has 27 heavy (non-hydrogen) atoms. The second-order valence-corrected chi connectivity index (χ2v) is 7.38. The highest BCUT2D eigenvalue weighted by Crippen LogP contribution is 2.24. The van der Waals surface area contributed by atoms with E-state index in [0.29, 0.717) is 5.82 Å². The van der Waals surface area contributed by atoms with Crippen LogP contribution >= 0.6 is 15.9 Å². The van der Waals surface area contributed by atoms with Gasteiger partial charge in [-0.2, -0.15) is 5.10 Å². The van der Waals surface area contributed by atoms with Gasteiger partial charge in [-0.3, -0.25) is 4.79 Å². The molecular weight excluding hydrogens is 408 g/mol. The smallest absolute Gasteiger partial charge is 0.227 e. The number of carbonyl (C=O) groups excluding carboxylic acids is 1. The monoisotopic (exact) mass is 426 g/mol. The number of amides is 1. The van der Waals surface area contributed by atoms with Crippen molar-refractivity contribution >= 4 is 33.3 Å². The van der Waals surface area contributed by atoms with E-state index in [9.17, 15) is 4.79 Å². The normalized spacial score (nSPS) is 14.9. The van der Waals surface area contributed by atoms with Crippen LogP contribution < -0.4 is 10.2 Å². The highest BCUT2D eigenvalue weighted by Gasteiger charge is 2.26. The molecule has 138 valence electrons. The van der Waals surface area contributed by atoms with E-state index in [4.69, 9.17) is 0 Å². The molecular formula is C19H19BrN6O. The second-order valence-electron chi connectivity index (χ2n) is 6.46. The van der Waals surface area contributed by atoms with Crippen LogP contribution in [0.5, 0.6) is 0 Å². The van der Waals surface area contributed by atoms with Gasteiger partial charge in [0.2, 0.25) is 5.91 Å². The molecule has 1 aliphatic rings. The van der Waals surface area contributed by atoms with Crippen LogP contribution in [0.1, 0.15) is 12.8 Å². The fourth-order valence-electron chi connectivity index (χ4n) is 3.19. The van der Waals surface area contributed by atoms with Crippen molar-refractivity contribution in [2.45, 2.75) is 12.8 Å². The summed E-state index contributed by atoms with van der Waals surface area (Å²) in [6, 6.07) is 13.4. The number of aromatic nitrogens is 4. The van der Waals surface area contributed by atoms with Crippen molar-refractivity contribution in [2.24, 2.45) is 5.92 Å². The van der Waals surface area contributed by atoms with Gasteiger partial charge >= 0.3 is 0 Å². The third kappa shape index (κ3) is 4.16. The van der Waals surface area contributed by atoms with E-state index in [1.54, 1.807) is 10.9 Å². The summed E-state index contributed by atoms with van der Waals surface area (Å²) >= 11 is 3.42. The quantitative estimate of drug-likeness (QED) is 0.692. The second kappa shape index (κ2) is 7.87.